The monoisotopic (exact) mass is 269 g/mol. The van der Waals surface area contributed by atoms with E-state index < -0.39 is 0 Å². The fourth-order valence-corrected chi connectivity index (χ4v) is 1.83. The predicted molar refractivity (Wildman–Crippen MR) is 65.1 cm³/mol. The standard InChI is InChI=1S/C12H16BrNO/c1-14-7-10-4-5-11(13)12(6-10)15-8-9-2-3-9/h4-6,9,14H,2-3,7-8H2,1H3. The maximum atomic E-state index is 5.77. The van der Waals surface area contributed by atoms with Crippen molar-refractivity contribution in [2.75, 3.05) is 13.7 Å². The minimum Gasteiger partial charge on any atom is -0.492 e. The molecular formula is C12H16BrNO. The average Bonchev–Trinajstić information content (AvgIpc) is 3.03. The van der Waals surface area contributed by atoms with Gasteiger partial charge in [-0.1, -0.05) is 6.07 Å². The zero-order valence-corrected chi connectivity index (χ0v) is 10.5. The van der Waals surface area contributed by atoms with Crippen LogP contribution < -0.4 is 10.1 Å². The Morgan fingerprint density at radius 3 is 2.93 bits per heavy atom. The first-order chi connectivity index (χ1) is 7.29. The number of hydrogen-bond acceptors (Lipinski definition) is 2. The zero-order valence-electron chi connectivity index (χ0n) is 8.92. The van der Waals surface area contributed by atoms with Crippen LogP contribution in [0.25, 0.3) is 0 Å². The molecule has 1 saturated carbocycles. The molecule has 1 fully saturated rings. The van der Waals surface area contributed by atoms with Crippen LogP contribution in [0, 0.1) is 5.92 Å². The highest BCUT2D eigenvalue weighted by Gasteiger charge is 2.22. The number of rotatable bonds is 5. The van der Waals surface area contributed by atoms with Crippen molar-refractivity contribution < 1.29 is 4.74 Å². The molecule has 15 heavy (non-hydrogen) atoms. The van der Waals surface area contributed by atoms with E-state index in [-0.39, 0.29) is 0 Å². The van der Waals surface area contributed by atoms with Gasteiger partial charge in [0.15, 0.2) is 0 Å². The molecule has 2 nitrogen and oxygen atoms in total. The van der Waals surface area contributed by atoms with E-state index in [4.69, 9.17) is 4.74 Å². The van der Waals surface area contributed by atoms with Gasteiger partial charge in [-0.15, -0.1) is 0 Å². The van der Waals surface area contributed by atoms with Crippen LogP contribution in [0.15, 0.2) is 22.7 Å². The van der Waals surface area contributed by atoms with E-state index in [9.17, 15) is 0 Å². The number of halogens is 1. The SMILES string of the molecule is CNCc1ccc(Br)c(OCC2CC2)c1. The van der Waals surface area contributed by atoms with E-state index in [1.165, 1.54) is 18.4 Å². The summed E-state index contributed by atoms with van der Waals surface area (Å²) in [5.41, 5.74) is 1.26. The van der Waals surface area contributed by atoms with Crippen LogP contribution in [0.5, 0.6) is 5.75 Å². The summed E-state index contributed by atoms with van der Waals surface area (Å²) in [5.74, 6) is 1.76. The number of nitrogens with one attached hydrogen (secondary N) is 1. The summed E-state index contributed by atoms with van der Waals surface area (Å²) in [5, 5.41) is 3.14. The second-order valence-corrected chi connectivity index (χ2v) is 4.90. The average molecular weight is 270 g/mol. The van der Waals surface area contributed by atoms with E-state index in [0.29, 0.717) is 0 Å². The summed E-state index contributed by atoms with van der Waals surface area (Å²) in [7, 11) is 1.95. The van der Waals surface area contributed by atoms with Crippen LogP contribution >= 0.6 is 15.9 Å². The van der Waals surface area contributed by atoms with Crippen molar-refractivity contribution in [2.45, 2.75) is 19.4 Å². The highest BCUT2D eigenvalue weighted by Crippen LogP contribution is 2.32. The number of benzene rings is 1. The maximum Gasteiger partial charge on any atom is 0.133 e. The molecule has 0 amide bonds. The van der Waals surface area contributed by atoms with Crippen LogP contribution in [-0.4, -0.2) is 13.7 Å². The van der Waals surface area contributed by atoms with Gasteiger partial charge in [0.05, 0.1) is 11.1 Å². The van der Waals surface area contributed by atoms with E-state index >= 15 is 0 Å². The van der Waals surface area contributed by atoms with Gasteiger partial charge in [0.25, 0.3) is 0 Å². The van der Waals surface area contributed by atoms with Crippen LogP contribution in [0.1, 0.15) is 18.4 Å². The van der Waals surface area contributed by atoms with Gasteiger partial charge < -0.3 is 10.1 Å². The Morgan fingerprint density at radius 2 is 2.27 bits per heavy atom. The zero-order chi connectivity index (χ0) is 10.7. The molecule has 82 valence electrons. The molecule has 0 radical (unpaired) electrons. The summed E-state index contributed by atoms with van der Waals surface area (Å²) in [6.07, 6.45) is 2.65. The van der Waals surface area contributed by atoms with Crippen LogP contribution in [-0.2, 0) is 6.54 Å². The Morgan fingerprint density at radius 1 is 1.47 bits per heavy atom. The molecule has 1 aliphatic carbocycles. The van der Waals surface area contributed by atoms with E-state index in [0.717, 1.165) is 29.3 Å². The fraction of sp³-hybridized carbons (Fsp3) is 0.500. The molecular weight excluding hydrogens is 254 g/mol. The molecule has 0 bridgehead atoms. The largest absolute Gasteiger partial charge is 0.492 e. The molecule has 0 aromatic heterocycles. The van der Waals surface area contributed by atoms with Crippen molar-refractivity contribution in [3.63, 3.8) is 0 Å². The maximum absolute atomic E-state index is 5.77. The lowest BCUT2D eigenvalue weighted by molar-refractivity contribution is 0.297. The Labute approximate surface area is 99.1 Å². The minimum atomic E-state index is 0.796. The smallest absolute Gasteiger partial charge is 0.133 e. The van der Waals surface area contributed by atoms with Crippen molar-refractivity contribution in [3.05, 3.63) is 28.2 Å². The Hall–Kier alpha value is -0.540. The van der Waals surface area contributed by atoms with Gasteiger partial charge in [0.2, 0.25) is 0 Å². The highest BCUT2D eigenvalue weighted by atomic mass is 79.9. The predicted octanol–water partition coefficient (Wildman–Crippen LogP) is 2.96. The third-order valence-electron chi connectivity index (χ3n) is 2.55. The minimum absolute atomic E-state index is 0.796. The molecule has 0 heterocycles. The topological polar surface area (TPSA) is 21.3 Å². The van der Waals surface area contributed by atoms with Crippen LogP contribution in [0.3, 0.4) is 0 Å². The van der Waals surface area contributed by atoms with Gasteiger partial charge in [0, 0.05) is 6.54 Å². The molecule has 0 saturated heterocycles. The van der Waals surface area contributed by atoms with E-state index in [2.05, 4.69) is 39.4 Å². The lowest BCUT2D eigenvalue weighted by atomic mass is 10.2. The highest BCUT2D eigenvalue weighted by molar-refractivity contribution is 9.10. The molecule has 0 aliphatic heterocycles. The summed E-state index contributed by atoms with van der Waals surface area (Å²) in [4.78, 5) is 0. The molecule has 2 rings (SSSR count). The van der Waals surface area contributed by atoms with E-state index in [1.54, 1.807) is 0 Å². The van der Waals surface area contributed by atoms with Gasteiger partial charge in [-0.2, -0.15) is 0 Å². The van der Waals surface area contributed by atoms with Crippen molar-refractivity contribution in [1.29, 1.82) is 0 Å². The first-order valence-electron chi connectivity index (χ1n) is 5.35. The number of ether oxygens (including phenoxy) is 1. The summed E-state index contributed by atoms with van der Waals surface area (Å²) >= 11 is 3.51. The summed E-state index contributed by atoms with van der Waals surface area (Å²) < 4.78 is 6.82. The van der Waals surface area contributed by atoms with Gasteiger partial charge in [-0.05, 0) is 59.4 Å². The quantitative estimate of drug-likeness (QED) is 0.888. The summed E-state index contributed by atoms with van der Waals surface area (Å²) in [6, 6.07) is 6.25. The van der Waals surface area contributed by atoms with Gasteiger partial charge in [-0.25, -0.2) is 0 Å². The third-order valence-corrected chi connectivity index (χ3v) is 3.20. The second kappa shape index (κ2) is 4.99. The van der Waals surface area contributed by atoms with Crippen LogP contribution in [0.2, 0.25) is 0 Å². The van der Waals surface area contributed by atoms with Crippen molar-refractivity contribution in [1.82, 2.24) is 5.32 Å². The summed E-state index contributed by atoms with van der Waals surface area (Å²) in [6.45, 7) is 1.74. The number of hydrogen-bond donors (Lipinski definition) is 1. The second-order valence-electron chi connectivity index (χ2n) is 4.05. The lowest BCUT2D eigenvalue weighted by Gasteiger charge is -2.09. The van der Waals surface area contributed by atoms with Gasteiger partial charge >= 0.3 is 0 Å². The Balaban J connectivity index is 2.01. The lowest BCUT2D eigenvalue weighted by Crippen LogP contribution is -2.06. The van der Waals surface area contributed by atoms with Gasteiger partial charge in [0.1, 0.15) is 5.75 Å². The van der Waals surface area contributed by atoms with Crippen molar-refractivity contribution >= 4 is 15.9 Å². The first-order valence-corrected chi connectivity index (χ1v) is 6.14. The molecule has 1 N–H and O–H groups in total. The molecule has 1 aromatic rings. The normalized spacial score (nSPS) is 15.3. The molecule has 0 spiro atoms. The molecule has 1 aromatic carbocycles. The Kier molecular flexibility index (Phi) is 3.65. The van der Waals surface area contributed by atoms with Gasteiger partial charge in [-0.3, -0.25) is 0 Å². The fourth-order valence-electron chi connectivity index (χ4n) is 1.46. The van der Waals surface area contributed by atoms with Crippen molar-refractivity contribution in [2.24, 2.45) is 5.92 Å². The first kappa shape index (κ1) is 11.0. The third kappa shape index (κ3) is 3.21. The molecule has 3 heteroatoms. The molecule has 1 aliphatic rings. The molecule has 0 atom stereocenters. The van der Waals surface area contributed by atoms with Crippen LogP contribution in [0.4, 0.5) is 0 Å². The molecule has 0 unspecified atom stereocenters. The Bertz CT molecular complexity index is 336. The van der Waals surface area contributed by atoms with Crippen molar-refractivity contribution in [3.8, 4) is 5.75 Å². The van der Waals surface area contributed by atoms with E-state index in [1.807, 2.05) is 7.05 Å².